The molecule has 0 aromatic rings. The van der Waals surface area contributed by atoms with Gasteiger partial charge in [-0.2, -0.15) is 0 Å². The van der Waals surface area contributed by atoms with E-state index in [1.54, 1.807) is 0 Å². The molecular weight excluding hydrogens is 1310 g/mol. The number of hydrogen-bond acceptors (Lipinski definition) is 15. The monoisotopic (exact) mass is 1440 g/mol. The highest BCUT2D eigenvalue weighted by atomic mass is 31.2. The number of phosphoric ester groups is 2. The summed E-state index contributed by atoms with van der Waals surface area (Å²) >= 11 is 0. The smallest absolute Gasteiger partial charge is 0.462 e. The maximum Gasteiger partial charge on any atom is 0.472 e. The van der Waals surface area contributed by atoms with E-state index in [9.17, 15) is 43.2 Å². The topological polar surface area (TPSA) is 237 Å². The third-order valence-electron chi connectivity index (χ3n) is 14.9. The van der Waals surface area contributed by atoms with E-state index < -0.39 is 97.5 Å². The first-order valence-electron chi connectivity index (χ1n) is 37.7. The lowest BCUT2D eigenvalue weighted by Gasteiger charge is -2.21. The molecule has 0 aromatic heterocycles. The van der Waals surface area contributed by atoms with E-state index in [4.69, 9.17) is 37.0 Å². The molecule has 0 rings (SSSR count). The summed E-state index contributed by atoms with van der Waals surface area (Å²) in [5, 5.41) is 10.6. The molecule has 0 aliphatic carbocycles. The Labute approximate surface area is 604 Å². The van der Waals surface area contributed by atoms with Crippen molar-refractivity contribution in [2.45, 2.75) is 290 Å². The van der Waals surface area contributed by atoms with Crippen molar-refractivity contribution in [2.75, 3.05) is 39.6 Å². The minimum absolute atomic E-state index is 0.0600. The summed E-state index contributed by atoms with van der Waals surface area (Å²) in [6.45, 7) is 4.38. The molecule has 5 unspecified atom stereocenters. The van der Waals surface area contributed by atoms with Crippen LogP contribution in [-0.2, 0) is 65.4 Å². The van der Waals surface area contributed by atoms with Crippen LogP contribution in [0.15, 0.2) is 158 Å². The van der Waals surface area contributed by atoms with Crippen LogP contribution in [0.2, 0.25) is 0 Å². The molecule has 0 aliphatic heterocycles. The fourth-order valence-electron chi connectivity index (χ4n) is 9.25. The minimum Gasteiger partial charge on any atom is -0.462 e. The number of hydrogen-bond donors (Lipinski definition) is 3. The van der Waals surface area contributed by atoms with Crippen LogP contribution in [0, 0.1) is 0 Å². The van der Waals surface area contributed by atoms with Crippen molar-refractivity contribution in [1.29, 1.82) is 0 Å². The van der Waals surface area contributed by atoms with E-state index in [1.807, 2.05) is 12.2 Å². The number of aliphatic hydroxyl groups is 1. The molecule has 0 fully saturated rings. The van der Waals surface area contributed by atoms with Crippen molar-refractivity contribution >= 4 is 39.5 Å². The van der Waals surface area contributed by atoms with Gasteiger partial charge in [-0.3, -0.25) is 37.3 Å². The van der Waals surface area contributed by atoms with Crippen molar-refractivity contribution < 1.29 is 80.2 Å². The van der Waals surface area contributed by atoms with E-state index in [-0.39, 0.29) is 25.7 Å². The lowest BCUT2D eigenvalue weighted by molar-refractivity contribution is -0.161. The van der Waals surface area contributed by atoms with E-state index in [1.165, 1.54) is 19.3 Å². The molecule has 0 saturated heterocycles. The van der Waals surface area contributed by atoms with E-state index in [2.05, 4.69) is 174 Å². The molecule has 5 atom stereocenters. The maximum atomic E-state index is 13.1. The average Bonchev–Trinajstić information content (AvgIpc) is 0.965. The van der Waals surface area contributed by atoms with E-state index in [0.717, 1.165) is 167 Å². The number of unbranched alkanes of at least 4 members (excludes halogenated alkanes) is 17. The SMILES string of the molecule is CC/C=C\C/C=C\C/C=C\C/C=C\C/C=C\CCCC(=O)OCC(COP(=O)(O)OCC(O)COP(=O)(O)OCC(COC(=O)CCCC/C=C\C/C=C\C/C=C\C/C=C\CC)OC(=O)CCCCCCC/C=C\C/C=C\CCCCC)OC(=O)CCCCCCC/C=C\C/C=C\CCC. The Morgan fingerprint density at radius 2 is 0.550 bits per heavy atom. The molecule has 0 aromatic carbocycles. The fourth-order valence-corrected chi connectivity index (χ4v) is 10.8. The van der Waals surface area contributed by atoms with Gasteiger partial charge in [-0.25, -0.2) is 9.13 Å². The maximum absolute atomic E-state index is 13.1. The van der Waals surface area contributed by atoms with Gasteiger partial charge in [-0.15, -0.1) is 0 Å². The summed E-state index contributed by atoms with van der Waals surface area (Å²) in [4.78, 5) is 72.8. The summed E-state index contributed by atoms with van der Waals surface area (Å²) in [6, 6.07) is 0. The number of carbonyl (C=O) groups is 4. The predicted molar refractivity (Wildman–Crippen MR) is 408 cm³/mol. The Bertz CT molecular complexity index is 2520. The fraction of sp³-hybridized carbons (Fsp3) is 0.630. The Morgan fingerprint density at radius 1 is 0.290 bits per heavy atom. The highest BCUT2D eigenvalue weighted by molar-refractivity contribution is 7.47. The number of ether oxygens (including phenoxy) is 4. The van der Waals surface area contributed by atoms with Crippen molar-refractivity contribution in [1.82, 2.24) is 0 Å². The lowest BCUT2D eigenvalue weighted by atomic mass is 10.1. The van der Waals surface area contributed by atoms with Crippen molar-refractivity contribution in [3.05, 3.63) is 158 Å². The summed E-state index contributed by atoms with van der Waals surface area (Å²) in [6.07, 6.45) is 82.5. The third kappa shape index (κ3) is 71.1. The van der Waals surface area contributed by atoms with Crippen LogP contribution in [0.5, 0.6) is 0 Å². The molecule has 0 aliphatic rings. The second kappa shape index (κ2) is 72.0. The zero-order chi connectivity index (χ0) is 73.2. The van der Waals surface area contributed by atoms with Gasteiger partial charge < -0.3 is 33.8 Å². The van der Waals surface area contributed by atoms with Crippen LogP contribution >= 0.6 is 15.6 Å². The average molecular weight is 1440 g/mol. The number of rotatable bonds is 69. The summed E-state index contributed by atoms with van der Waals surface area (Å²) < 4.78 is 68.3. The van der Waals surface area contributed by atoms with Crippen molar-refractivity contribution in [2.24, 2.45) is 0 Å². The second-order valence-corrected chi connectivity index (χ2v) is 27.4. The van der Waals surface area contributed by atoms with Crippen molar-refractivity contribution in [3.63, 3.8) is 0 Å². The van der Waals surface area contributed by atoms with Crippen LogP contribution in [0.1, 0.15) is 272 Å². The van der Waals surface area contributed by atoms with Gasteiger partial charge in [0.15, 0.2) is 12.2 Å². The standard InChI is InChI=1S/C81H132O17P2/c1-5-9-13-17-21-25-29-33-36-37-40-43-46-50-54-58-62-66-79(84)92-71-76(97-80(85)67-63-59-55-51-47-41-32-28-24-20-16-12-8-4)73-95-99(87,88)93-69-75(82)70-94-100(89,90)96-74-77(98-81(86)68-64-60-56-52-48-44-39-35-31-27-23-19-15-11-7-3)72-91-78(83)65-61-57-53-49-45-42-38-34-30-26-22-18-14-10-6-2/h9-10,13-14,16,20-23,25-28,32-36,38-40,43,45,49-50,54,75-77,82H,5-8,11-12,15,17-19,24,29-31,37,41-42,44,46-48,51-53,55-74H2,1-4H3,(H,87,88)(H,89,90)/b13-9-,14-10-,20-16-,25-21-,26-22-,27-23-,32-28-,36-33-,38-34-,39-35-,43-40-,49-45-,54-50-. The lowest BCUT2D eigenvalue weighted by Crippen LogP contribution is -2.30. The molecule has 568 valence electrons. The molecule has 0 radical (unpaired) electrons. The molecule has 0 spiro atoms. The van der Waals surface area contributed by atoms with Crippen LogP contribution in [0.25, 0.3) is 0 Å². The molecule has 17 nitrogen and oxygen atoms in total. The molecule has 0 bridgehead atoms. The van der Waals surface area contributed by atoms with Gasteiger partial charge in [0.1, 0.15) is 19.3 Å². The minimum atomic E-state index is -5.00. The molecule has 0 amide bonds. The first kappa shape index (κ1) is 94.7. The first-order valence-corrected chi connectivity index (χ1v) is 40.7. The quantitative estimate of drug-likeness (QED) is 0.0169. The zero-order valence-electron chi connectivity index (χ0n) is 61.8. The molecule has 3 N–H and O–H groups in total. The Balaban J connectivity index is 5.47. The zero-order valence-corrected chi connectivity index (χ0v) is 63.6. The number of esters is 4. The summed E-state index contributed by atoms with van der Waals surface area (Å²) in [5.41, 5.74) is 0. The highest BCUT2D eigenvalue weighted by Crippen LogP contribution is 2.45. The van der Waals surface area contributed by atoms with Gasteiger partial charge in [0, 0.05) is 25.7 Å². The molecule has 0 heterocycles. The molecule has 0 saturated carbocycles. The second-order valence-electron chi connectivity index (χ2n) is 24.5. The van der Waals surface area contributed by atoms with Gasteiger partial charge in [0.05, 0.1) is 26.4 Å². The van der Waals surface area contributed by atoms with Gasteiger partial charge >= 0.3 is 39.5 Å². The van der Waals surface area contributed by atoms with Gasteiger partial charge in [-0.05, 0) is 161 Å². The van der Waals surface area contributed by atoms with E-state index in [0.29, 0.717) is 32.1 Å². The van der Waals surface area contributed by atoms with Crippen LogP contribution < -0.4 is 0 Å². The third-order valence-corrected chi connectivity index (χ3v) is 16.8. The Morgan fingerprint density at radius 3 is 0.900 bits per heavy atom. The van der Waals surface area contributed by atoms with Crippen LogP contribution in [-0.4, -0.2) is 96.7 Å². The largest absolute Gasteiger partial charge is 0.472 e. The predicted octanol–water partition coefficient (Wildman–Crippen LogP) is 21.7. The Kier molecular flexibility index (Phi) is 68.2. The van der Waals surface area contributed by atoms with Gasteiger partial charge in [0.25, 0.3) is 0 Å². The molecule has 100 heavy (non-hydrogen) atoms. The van der Waals surface area contributed by atoms with Gasteiger partial charge in [-0.1, -0.05) is 243 Å². The number of aliphatic hydroxyl groups excluding tert-OH is 1. The number of allylic oxidation sites excluding steroid dienone is 26. The van der Waals surface area contributed by atoms with Crippen LogP contribution in [0.4, 0.5) is 0 Å². The van der Waals surface area contributed by atoms with Crippen molar-refractivity contribution in [3.8, 4) is 0 Å². The van der Waals surface area contributed by atoms with Gasteiger partial charge in [0.2, 0.25) is 0 Å². The number of phosphoric acid groups is 2. The van der Waals surface area contributed by atoms with Crippen LogP contribution in [0.3, 0.4) is 0 Å². The normalized spacial score (nSPS) is 14.8. The molecular formula is C81H132O17P2. The van der Waals surface area contributed by atoms with E-state index >= 15 is 0 Å². The number of carbonyl (C=O) groups excluding carboxylic acids is 4. The summed E-state index contributed by atoms with van der Waals surface area (Å²) in [5.74, 6) is -2.34. The highest BCUT2D eigenvalue weighted by Gasteiger charge is 2.30. The first-order chi connectivity index (χ1) is 48.7. The Hall–Kier alpha value is -5.32. The summed E-state index contributed by atoms with van der Waals surface area (Å²) in [7, 11) is -10.00. The molecule has 19 heteroatoms.